The highest BCUT2D eigenvalue weighted by Gasteiger charge is 2.23. The normalized spacial score (nSPS) is 14.5. The van der Waals surface area contributed by atoms with Crippen LogP contribution in [0.5, 0.6) is 0 Å². The summed E-state index contributed by atoms with van der Waals surface area (Å²) in [6.45, 7) is 2.44. The number of anilines is 1. The van der Waals surface area contributed by atoms with Crippen molar-refractivity contribution in [3.63, 3.8) is 0 Å². The van der Waals surface area contributed by atoms with Gasteiger partial charge in [0.05, 0.1) is 0 Å². The molecule has 1 atom stereocenters. The molecule has 0 saturated heterocycles. The molecule has 0 aliphatic heterocycles. The number of halogens is 1. The van der Waals surface area contributed by atoms with E-state index in [1.807, 2.05) is 6.92 Å². The molecule has 1 aliphatic rings. The van der Waals surface area contributed by atoms with E-state index in [1.54, 1.807) is 24.3 Å². The largest absolute Gasteiger partial charge is 0.352 e. The van der Waals surface area contributed by atoms with Gasteiger partial charge in [-0.25, -0.2) is 4.79 Å². The summed E-state index contributed by atoms with van der Waals surface area (Å²) in [5.41, 5.74) is 6.76. The number of rotatable bonds is 6. The SMILES string of the molecule is CC(N)CCNC(=O)c1cccc(NC(=O)NC2CC2)c1.Cl. The molecule has 0 bridgehead atoms. The van der Waals surface area contributed by atoms with Crippen molar-refractivity contribution in [1.29, 1.82) is 0 Å². The number of urea groups is 1. The molecule has 5 N–H and O–H groups in total. The van der Waals surface area contributed by atoms with E-state index in [0.29, 0.717) is 23.8 Å². The first-order valence-corrected chi connectivity index (χ1v) is 7.26. The molecular weight excluding hydrogens is 304 g/mol. The monoisotopic (exact) mass is 326 g/mol. The van der Waals surface area contributed by atoms with Crippen LogP contribution in [0.4, 0.5) is 10.5 Å². The van der Waals surface area contributed by atoms with Gasteiger partial charge in [-0.05, 0) is 44.4 Å². The molecule has 1 aromatic carbocycles. The minimum atomic E-state index is -0.230. The number of amides is 3. The summed E-state index contributed by atoms with van der Waals surface area (Å²) >= 11 is 0. The van der Waals surface area contributed by atoms with E-state index < -0.39 is 0 Å². The minimum Gasteiger partial charge on any atom is -0.352 e. The van der Waals surface area contributed by atoms with Crippen molar-refractivity contribution in [2.45, 2.75) is 38.3 Å². The number of nitrogens with one attached hydrogen (secondary N) is 3. The van der Waals surface area contributed by atoms with Gasteiger partial charge in [-0.15, -0.1) is 12.4 Å². The average molecular weight is 327 g/mol. The summed E-state index contributed by atoms with van der Waals surface area (Å²) in [6.07, 6.45) is 2.80. The summed E-state index contributed by atoms with van der Waals surface area (Å²) in [6, 6.07) is 7.00. The van der Waals surface area contributed by atoms with Crippen LogP contribution in [0.3, 0.4) is 0 Å². The molecule has 0 radical (unpaired) electrons. The number of carbonyl (C=O) groups is 2. The summed E-state index contributed by atoms with van der Waals surface area (Å²) in [5.74, 6) is -0.165. The quantitative estimate of drug-likeness (QED) is 0.642. The van der Waals surface area contributed by atoms with Gasteiger partial charge in [0.1, 0.15) is 0 Å². The van der Waals surface area contributed by atoms with Gasteiger partial charge in [0.15, 0.2) is 0 Å². The van der Waals surface area contributed by atoms with Gasteiger partial charge < -0.3 is 21.7 Å². The Balaban J connectivity index is 0.00000242. The highest BCUT2D eigenvalue weighted by Crippen LogP contribution is 2.19. The molecule has 7 heteroatoms. The lowest BCUT2D eigenvalue weighted by Gasteiger charge is -2.10. The average Bonchev–Trinajstić information content (AvgIpc) is 3.22. The Labute approximate surface area is 136 Å². The number of carbonyl (C=O) groups excluding carboxylic acids is 2. The second-order valence-corrected chi connectivity index (χ2v) is 5.48. The summed E-state index contributed by atoms with van der Waals surface area (Å²) < 4.78 is 0. The molecule has 22 heavy (non-hydrogen) atoms. The molecule has 0 aromatic heterocycles. The second-order valence-electron chi connectivity index (χ2n) is 5.48. The fourth-order valence-corrected chi connectivity index (χ4v) is 1.83. The van der Waals surface area contributed by atoms with Crippen molar-refractivity contribution < 1.29 is 9.59 Å². The van der Waals surface area contributed by atoms with Gasteiger partial charge >= 0.3 is 6.03 Å². The predicted octanol–water partition coefficient (Wildman–Crippen LogP) is 1.86. The lowest BCUT2D eigenvalue weighted by atomic mass is 10.2. The van der Waals surface area contributed by atoms with Crippen LogP contribution in [0.25, 0.3) is 0 Å². The zero-order chi connectivity index (χ0) is 15.2. The van der Waals surface area contributed by atoms with Crippen molar-refractivity contribution in [3.8, 4) is 0 Å². The second kappa shape index (κ2) is 8.60. The molecular formula is C15H23ClN4O2. The molecule has 3 amide bonds. The fraction of sp³-hybridized carbons (Fsp3) is 0.467. The maximum Gasteiger partial charge on any atom is 0.319 e. The molecule has 0 spiro atoms. The predicted molar refractivity (Wildman–Crippen MR) is 89.5 cm³/mol. The van der Waals surface area contributed by atoms with Gasteiger partial charge in [-0.1, -0.05) is 6.07 Å². The summed E-state index contributed by atoms with van der Waals surface area (Å²) in [7, 11) is 0. The standard InChI is InChI=1S/C15H22N4O2.ClH/c1-10(16)7-8-17-14(20)11-3-2-4-13(9-11)19-15(21)18-12-5-6-12;/h2-4,9-10,12H,5-8,16H2,1H3,(H,17,20)(H2,18,19,21);1H. The molecule has 1 fully saturated rings. The van der Waals surface area contributed by atoms with E-state index in [0.717, 1.165) is 19.3 Å². The Hall–Kier alpha value is -1.79. The van der Waals surface area contributed by atoms with E-state index >= 15 is 0 Å². The maximum atomic E-state index is 12.0. The van der Waals surface area contributed by atoms with E-state index in [2.05, 4.69) is 16.0 Å². The van der Waals surface area contributed by atoms with Gasteiger partial charge in [0.25, 0.3) is 5.91 Å². The Morgan fingerprint density at radius 3 is 2.73 bits per heavy atom. The van der Waals surface area contributed by atoms with Crippen LogP contribution in [0, 0.1) is 0 Å². The topological polar surface area (TPSA) is 96.2 Å². The molecule has 2 rings (SSSR count). The molecule has 0 heterocycles. The van der Waals surface area contributed by atoms with Crippen molar-refractivity contribution in [3.05, 3.63) is 29.8 Å². The number of hydrogen-bond acceptors (Lipinski definition) is 3. The Kier molecular flexibility index (Phi) is 7.14. The van der Waals surface area contributed by atoms with Crippen molar-refractivity contribution in [2.75, 3.05) is 11.9 Å². The van der Waals surface area contributed by atoms with Crippen molar-refractivity contribution >= 4 is 30.0 Å². The number of nitrogens with two attached hydrogens (primary N) is 1. The van der Waals surface area contributed by atoms with Crippen LogP contribution in [0.2, 0.25) is 0 Å². The first kappa shape index (κ1) is 18.3. The van der Waals surface area contributed by atoms with E-state index in [1.165, 1.54) is 0 Å². The highest BCUT2D eigenvalue weighted by atomic mass is 35.5. The van der Waals surface area contributed by atoms with Crippen LogP contribution < -0.4 is 21.7 Å². The zero-order valence-electron chi connectivity index (χ0n) is 12.6. The van der Waals surface area contributed by atoms with Crippen LogP contribution >= 0.6 is 12.4 Å². The molecule has 122 valence electrons. The summed E-state index contributed by atoms with van der Waals surface area (Å²) in [4.78, 5) is 23.6. The Morgan fingerprint density at radius 1 is 1.36 bits per heavy atom. The van der Waals surface area contributed by atoms with Gasteiger partial charge in [-0.3, -0.25) is 4.79 Å². The first-order chi connectivity index (χ1) is 10.0. The highest BCUT2D eigenvalue weighted by molar-refractivity contribution is 5.96. The molecule has 1 aromatic rings. The maximum absolute atomic E-state index is 12.0. The van der Waals surface area contributed by atoms with Crippen LogP contribution in [-0.4, -0.2) is 30.6 Å². The fourth-order valence-electron chi connectivity index (χ4n) is 1.83. The third-order valence-corrected chi connectivity index (χ3v) is 3.18. The van der Waals surface area contributed by atoms with Gasteiger partial charge in [0.2, 0.25) is 0 Å². The van der Waals surface area contributed by atoms with E-state index in [9.17, 15) is 9.59 Å². The molecule has 6 nitrogen and oxygen atoms in total. The first-order valence-electron chi connectivity index (χ1n) is 7.26. The van der Waals surface area contributed by atoms with Crippen molar-refractivity contribution in [1.82, 2.24) is 10.6 Å². The van der Waals surface area contributed by atoms with E-state index in [4.69, 9.17) is 5.73 Å². The van der Waals surface area contributed by atoms with Gasteiger partial charge in [0, 0.05) is 29.9 Å². The Bertz CT molecular complexity index is 518. The lowest BCUT2D eigenvalue weighted by Crippen LogP contribution is -2.31. The smallest absolute Gasteiger partial charge is 0.319 e. The molecule has 1 saturated carbocycles. The van der Waals surface area contributed by atoms with Crippen LogP contribution in [0.1, 0.15) is 36.5 Å². The third-order valence-electron chi connectivity index (χ3n) is 3.18. The van der Waals surface area contributed by atoms with Gasteiger partial charge in [-0.2, -0.15) is 0 Å². The van der Waals surface area contributed by atoms with Crippen LogP contribution in [0.15, 0.2) is 24.3 Å². The van der Waals surface area contributed by atoms with Crippen LogP contribution in [-0.2, 0) is 0 Å². The zero-order valence-corrected chi connectivity index (χ0v) is 13.4. The summed E-state index contributed by atoms with van der Waals surface area (Å²) in [5, 5.41) is 8.37. The Morgan fingerprint density at radius 2 is 2.09 bits per heavy atom. The lowest BCUT2D eigenvalue weighted by molar-refractivity contribution is 0.0953. The van der Waals surface area contributed by atoms with E-state index in [-0.39, 0.29) is 30.4 Å². The number of benzene rings is 1. The number of hydrogen-bond donors (Lipinski definition) is 4. The molecule has 1 aliphatic carbocycles. The third kappa shape index (κ3) is 6.32. The van der Waals surface area contributed by atoms with Crippen molar-refractivity contribution in [2.24, 2.45) is 5.73 Å². The molecule has 1 unspecified atom stereocenters. The minimum absolute atomic E-state index is 0.